The molecule has 0 aliphatic carbocycles. The number of nitrogens with one attached hydrogen (secondary N) is 1. The Morgan fingerprint density at radius 2 is 2.17 bits per heavy atom. The van der Waals surface area contributed by atoms with Gasteiger partial charge in [0.15, 0.2) is 0 Å². The van der Waals surface area contributed by atoms with Gasteiger partial charge < -0.3 is 4.84 Å². The molecule has 0 amide bonds. The quantitative estimate of drug-likeness (QED) is 0.682. The molecule has 0 spiro atoms. The molecule has 1 rings (SSSR count). The average molecular weight is 167 g/mol. The predicted octanol–water partition coefficient (Wildman–Crippen LogP) is 0.997. The van der Waals surface area contributed by atoms with E-state index in [-0.39, 0.29) is 6.04 Å². The lowest BCUT2D eigenvalue weighted by atomic mass is 10.2. The molecule has 1 unspecified atom stereocenters. The van der Waals surface area contributed by atoms with Gasteiger partial charge in [0.2, 0.25) is 0 Å². The summed E-state index contributed by atoms with van der Waals surface area (Å²) in [6.45, 7) is 3.87. The second kappa shape index (κ2) is 4.13. The van der Waals surface area contributed by atoms with Crippen LogP contribution in [0.2, 0.25) is 0 Å². The summed E-state index contributed by atoms with van der Waals surface area (Å²) in [6.07, 6.45) is 3.48. The summed E-state index contributed by atoms with van der Waals surface area (Å²) in [4.78, 5) is 13.1. The van der Waals surface area contributed by atoms with Crippen molar-refractivity contribution in [3.8, 4) is 0 Å². The summed E-state index contributed by atoms with van der Waals surface area (Å²) in [7, 11) is 1.58. The van der Waals surface area contributed by atoms with Crippen molar-refractivity contribution in [2.45, 2.75) is 19.9 Å². The first kappa shape index (κ1) is 9.09. The number of aromatic nitrogens is 2. The largest absolute Gasteiger partial charge is 0.304 e. The van der Waals surface area contributed by atoms with Gasteiger partial charge in [0, 0.05) is 6.20 Å². The van der Waals surface area contributed by atoms with Crippen LogP contribution in [0.5, 0.6) is 0 Å². The second-order valence-electron chi connectivity index (χ2n) is 2.63. The van der Waals surface area contributed by atoms with E-state index in [0.29, 0.717) is 0 Å². The first-order valence-electron chi connectivity index (χ1n) is 3.81. The highest BCUT2D eigenvalue weighted by atomic mass is 16.6. The molecule has 0 aromatic carbocycles. The zero-order valence-electron chi connectivity index (χ0n) is 7.53. The summed E-state index contributed by atoms with van der Waals surface area (Å²) < 4.78 is 0. The van der Waals surface area contributed by atoms with Crippen molar-refractivity contribution in [3.05, 3.63) is 23.8 Å². The summed E-state index contributed by atoms with van der Waals surface area (Å²) in [5.74, 6) is 0. The lowest BCUT2D eigenvalue weighted by Crippen LogP contribution is -2.18. The van der Waals surface area contributed by atoms with E-state index in [1.165, 1.54) is 0 Å². The number of hydrogen-bond donors (Lipinski definition) is 1. The lowest BCUT2D eigenvalue weighted by molar-refractivity contribution is 0.0646. The highest BCUT2D eigenvalue weighted by Gasteiger charge is 2.04. The molecule has 0 aliphatic heterocycles. The Hall–Kier alpha value is -1.00. The van der Waals surface area contributed by atoms with Crippen LogP contribution in [0.25, 0.3) is 0 Å². The third-order valence-corrected chi connectivity index (χ3v) is 1.54. The van der Waals surface area contributed by atoms with E-state index in [0.717, 1.165) is 11.4 Å². The molecule has 1 aromatic rings. The Kier molecular flexibility index (Phi) is 3.13. The van der Waals surface area contributed by atoms with Gasteiger partial charge in [0.25, 0.3) is 0 Å². The van der Waals surface area contributed by atoms with Crippen molar-refractivity contribution in [3.63, 3.8) is 0 Å². The van der Waals surface area contributed by atoms with Crippen molar-refractivity contribution in [2.75, 3.05) is 7.11 Å². The normalized spacial score (nSPS) is 12.9. The highest BCUT2D eigenvalue weighted by molar-refractivity contribution is 5.03. The van der Waals surface area contributed by atoms with Gasteiger partial charge >= 0.3 is 0 Å². The number of hydroxylamine groups is 1. The molecule has 1 aromatic heterocycles. The van der Waals surface area contributed by atoms with Crippen LogP contribution in [-0.4, -0.2) is 17.1 Å². The minimum atomic E-state index is 0.0723. The van der Waals surface area contributed by atoms with E-state index in [9.17, 15) is 0 Å². The van der Waals surface area contributed by atoms with Crippen LogP contribution in [-0.2, 0) is 4.84 Å². The fraction of sp³-hybridized carbons (Fsp3) is 0.500. The molecule has 1 atom stereocenters. The fourth-order valence-electron chi connectivity index (χ4n) is 0.863. The van der Waals surface area contributed by atoms with Gasteiger partial charge in [-0.2, -0.15) is 5.48 Å². The third-order valence-electron chi connectivity index (χ3n) is 1.54. The van der Waals surface area contributed by atoms with E-state index < -0.39 is 0 Å². The van der Waals surface area contributed by atoms with Crippen LogP contribution in [0.1, 0.15) is 24.4 Å². The molecule has 0 saturated heterocycles. The zero-order chi connectivity index (χ0) is 8.97. The van der Waals surface area contributed by atoms with Crippen molar-refractivity contribution >= 4 is 0 Å². The molecular formula is C8H13N3O. The lowest BCUT2D eigenvalue weighted by Gasteiger charge is -2.09. The highest BCUT2D eigenvalue weighted by Crippen LogP contribution is 2.06. The van der Waals surface area contributed by atoms with Crippen LogP contribution in [0, 0.1) is 6.92 Å². The number of hydrogen-bond acceptors (Lipinski definition) is 4. The van der Waals surface area contributed by atoms with Crippen molar-refractivity contribution in [2.24, 2.45) is 0 Å². The van der Waals surface area contributed by atoms with Gasteiger partial charge in [0.05, 0.1) is 30.7 Å². The van der Waals surface area contributed by atoms with Crippen molar-refractivity contribution in [1.82, 2.24) is 15.4 Å². The first-order chi connectivity index (χ1) is 5.74. The molecule has 0 fully saturated rings. The maximum atomic E-state index is 4.77. The maximum Gasteiger partial charge on any atom is 0.0776 e. The topological polar surface area (TPSA) is 47.0 Å². The van der Waals surface area contributed by atoms with Gasteiger partial charge in [0.1, 0.15) is 0 Å². The standard InChI is InChI=1S/C8H13N3O/c1-6-4-10-8(5-9-6)7(2)11-12-3/h4-5,7,11H,1-3H3. The van der Waals surface area contributed by atoms with Crippen molar-refractivity contribution in [1.29, 1.82) is 0 Å². The molecule has 1 heterocycles. The molecule has 66 valence electrons. The molecule has 4 nitrogen and oxygen atoms in total. The Balaban J connectivity index is 2.68. The third kappa shape index (κ3) is 2.25. The van der Waals surface area contributed by atoms with E-state index >= 15 is 0 Å². The second-order valence-corrected chi connectivity index (χ2v) is 2.63. The van der Waals surface area contributed by atoms with Gasteiger partial charge in [-0.05, 0) is 13.8 Å². The number of aryl methyl sites for hydroxylation is 1. The Morgan fingerprint density at radius 1 is 1.42 bits per heavy atom. The minimum Gasteiger partial charge on any atom is -0.304 e. The molecule has 0 saturated carbocycles. The number of nitrogens with zero attached hydrogens (tertiary/aromatic N) is 2. The summed E-state index contributed by atoms with van der Waals surface area (Å²) in [5, 5.41) is 0. The Morgan fingerprint density at radius 3 is 2.67 bits per heavy atom. The molecule has 0 radical (unpaired) electrons. The molecule has 0 aliphatic rings. The van der Waals surface area contributed by atoms with E-state index in [1.807, 2.05) is 13.8 Å². The van der Waals surface area contributed by atoms with E-state index in [2.05, 4.69) is 15.4 Å². The zero-order valence-corrected chi connectivity index (χ0v) is 7.53. The van der Waals surface area contributed by atoms with Crippen LogP contribution >= 0.6 is 0 Å². The summed E-state index contributed by atoms with van der Waals surface area (Å²) >= 11 is 0. The molecular weight excluding hydrogens is 154 g/mol. The Bertz CT molecular complexity index is 235. The number of rotatable bonds is 3. The maximum absolute atomic E-state index is 4.77. The van der Waals surface area contributed by atoms with Gasteiger partial charge in [-0.1, -0.05) is 0 Å². The minimum absolute atomic E-state index is 0.0723. The van der Waals surface area contributed by atoms with Gasteiger partial charge in [-0.3, -0.25) is 9.97 Å². The predicted molar refractivity (Wildman–Crippen MR) is 45.3 cm³/mol. The molecule has 12 heavy (non-hydrogen) atoms. The van der Waals surface area contributed by atoms with E-state index in [4.69, 9.17) is 4.84 Å². The fourth-order valence-corrected chi connectivity index (χ4v) is 0.863. The van der Waals surface area contributed by atoms with Crippen molar-refractivity contribution < 1.29 is 4.84 Å². The molecule has 4 heteroatoms. The summed E-state index contributed by atoms with van der Waals surface area (Å²) in [5.41, 5.74) is 4.58. The monoisotopic (exact) mass is 167 g/mol. The average Bonchev–Trinajstić information content (AvgIpc) is 2.06. The van der Waals surface area contributed by atoms with Gasteiger partial charge in [-0.25, -0.2) is 0 Å². The van der Waals surface area contributed by atoms with Crippen LogP contribution in [0.4, 0.5) is 0 Å². The summed E-state index contributed by atoms with van der Waals surface area (Å²) in [6, 6.07) is 0.0723. The molecule has 1 N–H and O–H groups in total. The Labute approximate surface area is 71.9 Å². The van der Waals surface area contributed by atoms with Crippen LogP contribution in [0.3, 0.4) is 0 Å². The SMILES string of the molecule is CONC(C)c1cnc(C)cn1. The van der Waals surface area contributed by atoms with E-state index in [1.54, 1.807) is 19.5 Å². The first-order valence-corrected chi connectivity index (χ1v) is 3.81. The van der Waals surface area contributed by atoms with Crippen LogP contribution < -0.4 is 5.48 Å². The van der Waals surface area contributed by atoms with Crippen LogP contribution in [0.15, 0.2) is 12.4 Å². The van der Waals surface area contributed by atoms with Gasteiger partial charge in [-0.15, -0.1) is 0 Å². The smallest absolute Gasteiger partial charge is 0.0776 e. The molecule has 0 bridgehead atoms.